The lowest BCUT2D eigenvalue weighted by atomic mass is 9.86. The van der Waals surface area contributed by atoms with Gasteiger partial charge in [-0.2, -0.15) is 0 Å². The maximum absolute atomic E-state index is 5.68. The van der Waals surface area contributed by atoms with Crippen LogP contribution in [-0.4, -0.2) is 18.1 Å². The van der Waals surface area contributed by atoms with Crippen molar-refractivity contribution in [3.8, 4) is 0 Å². The zero-order valence-electron chi connectivity index (χ0n) is 11.8. The summed E-state index contributed by atoms with van der Waals surface area (Å²) in [6.07, 6.45) is 5.30. The third-order valence-electron chi connectivity index (χ3n) is 4.22. The predicted octanol–water partition coefficient (Wildman–Crippen LogP) is 2.86. The average Bonchev–Trinajstić information content (AvgIpc) is 2.37. The van der Waals surface area contributed by atoms with E-state index in [2.05, 4.69) is 31.0 Å². The number of anilines is 1. The van der Waals surface area contributed by atoms with E-state index in [1.165, 1.54) is 25.7 Å². The maximum atomic E-state index is 5.68. The van der Waals surface area contributed by atoms with Gasteiger partial charge in [-0.1, -0.05) is 25.8 Å². The zero-order chi connectivity index (χ0) is 13.1. The molecule has 1 heterocycles. The topological polar surface area (TPSA) is 42.2 Å². The van der Waals surface area contributed by atoms with Crippen LogP contribution in [0.5, 0.6) is 0 Å². The molecule has 0 bridgehead atoms. The van der Waals surface area contributed by atoms with E-state index in [1.807, 2.05) is 6.92 Å². The molecule has 0 aromatic carbocycles. The van der Waals surface area contributed by atoms with Gasteiger partial charge in [0.05, 0.1) is 0 Å². The molecule has 0 spiro atoms. The number of nitrogens with two attached hydrogens (primary N) is 1. The molecule has 1 aliphatic carbocycles. The fraction of sp³-hybridized carbons (Fsp3) is 0.667. The standard InChI is InChI=1S/C15H25N3/c1-11-5-4-6-14(9-11)18(3)15-8-7-13(10-16)12(2)17-15/h7-8,11,14H,4-6,9-10,16H2,1-3H3. The normalized spacial score (nSPS) is 24.0. The fourth-order valence-electron chi connectivity index (χ4n) is 2.93. The van der Waals surface area contributed by atoms with Gasteiger partial charge in [0.2, 0.25) is 0 Å². The monoisotopic (exact) mass is 247 g/mol. The lowest BCUT2D eigenvalue weighted by molar-refractivity contribution is 0.335. The summed E-state index contributed by atoms with van der Waals surface area (Å²) >= 11 is 0. The molecular formula is C15H25N3. The molecule has 1 aliphatic rings. The number of aryl methyl sites for hydroxylation is 1. The number of pyridine rings is 1. The molecule has 100 valence electrons. The van der Waals surface area contributed by atoms with Crippen molar-refractivity contribution in [1.29, 1.82) is 0 Å². The number of hydrogen-bond acceptors (Lipinski definition) is 3. The summed E-state index contributed by atoms with van der Waals surface area (Å²) in [5.41, 5.74) is 7.89. The highest BCUT2D eigenvalue weighted by molar-refractivity contribution is 5.42. The van der Waals surface area contributed by atoms with Crippen molar-refractivity contribution in [3.05, 3.63) is 23.4 Å². The van der Waals surface area contributed by atoms with Gasteiger partial charge in [-0.05, 0) is 37.3 Å². The zero-order valence-corrected chi connectivity index (χ0v) is 11.8. The Hall–Kier alpha value is -1.09. The van der Waals surface area contributed by atoms with Crippen LogP contribution < -0.4 is 10.6 Å². The Morgan fingerprint density at radius 2 is 2.17 bits per heavy atom. The Kier molecular flexibility index (Phi) is 4.23. The van der Waals surface area contributed by atoms with Crippen molar-refractivity contribution in [3.63, 3.8) is 0 Å². The molecule has 2 rings (SSSR count). The predicted molar refractivity (Wildman–Crippen MR) is 76.7 cm³/mol. The molecule has 0 aliphatic heterocycles. The summed E-state index contributed by atoms with van der Waals surface area (Å²) in [4.78, 5) is 7.04. The summed E-state index contributed by atoms with van der Waals surface area (Å²) < 4.78 is 0. The van der Waals surface area contributed by atoms with E-state index < -0.39 is 0 Å². The van der Waals surface area contributed by atoms with E-state index in [-0.39, 0.29) is 0 Å². The van der Waals surface area contributed by atoms with Crippen molar-refractivity contribution in [1.82, 2.24) is 4.98 Å². The van der Waals surface area contributed by atoms with Crippen LogP contribution in [0.25, 0.3) is 0 Å². The maximum Gasteiger partial charge on any atom is 0.128 e. The Morgan fingerprint density at radius 1 is 1.39 bits per heavy atom. The summed E-state index contributed by atoms with van der Waals surface area (Å²) in [6, 6.07) is 4.86. The molecule has 18 heavy (non-hydrogen) atoms. The Bertz CT molecular complexity index is 403. The molecule has 3 nitrogen and oxygen atoms in total. The van der Waals surface area contributed by atoms with Crippen molar-refractivity contribution in [2.24, 2.45) is 11.7 Å². The van der Waals surface area contributed by atoms with Gasteiger partial charge in [0.25, 0.3) is 0 Å². The molecule has 1 aromatic heterocycles. The van der Waals surface area contributed by atoms with E-state index in [0.717, 1.165) is 23.0 Å². The molecule has 0 saturated heterocycles. The van der Waals surface area contributed by atoms with Gasteiger partial charge in [-0.15, -0.1) is 0 Å². The minimum absolute atomic E-state index is 0.573. The SMILES string of the molecule is Cc1nc(N(C)C2CCCC(C)C2)ccc1CN. The highest BCUT2D eigenvalue weighted by atomic mass is 15.2. The van der Waals surface area contributed by atoms with Crippen molar-refractivity contribution in [2.75, 3.05) is 11.9 Å². The second-order valence-electron chi connectivity index (χ2n) is 5.65. The van der Waals surface area contributed by atoms with Crippen LogP contribution in [0.1, 0.15) is 43.9 Å². The smallest absolute Gasteiger partial charge is 0.128 e. The van der Waals surface area contributed by atoms with Crippen LogP contribution in [0.15, 0.2) is 12.1 Å². The number of aromatic nitrogens is 1. The van der Waals surface area contributed by atoms with E-state index in [1.54, 1.807) is 0 Å². The van der Waals surface area contributed by atoms with Crippen LogP contribution >= 0.6 is 0 Å². The molecule has 1 fully saturated rings. The second kappa shape index (κ2) is 5.70. The molecule has 2 unspecified atom stereocenters. The number of rotatable bonds is 3. The fourth-order valence-corrected chi connectivity index (χ4v) is 2.93. The molecule has 1 aromatic rings. The molecule has 0 radical (unpaired) electrons. The molecule has 3 heteroatoms. The van der Waals surface area contributed by atoms with Crippen molar-refractivity contribution in [2.45, 2.75) is 52.1 Å². The average molecular weight is 247 g/mol. The lowest BCUT2D eigenvalue weighted by Gasteiger charge is -2.35. The largest absolute Gasteiger partial charge is 0.357 e. The van der Waals surface area contributed by atoms with Crippen LogP contribution in [0, 0.1) is 12.8 Å². The first-order chi connectivity index (χ1) is 8.61. The first kappa shape index (κ1) is 13.3. The third kappa shape index (κ3) is 2.83. The lowest BCUT2D eigenvalue weighted by Crippen LogP contribution is -2.36. The molecular weight excluding hydrogens is 222 g/mol. The van der Waals surface area contributed by atoms with E-state index in [9.17, 15) is 0 Å². The van der Waals surface area contributed by atoms with Crippen LogP contribution in [0.4, 0.5) is 5.82 Å². The van der Waals surface area contributed by atoms with Crippen LogP contribution in [-0.2, 0) is 6.54 Å². The highest BCUT2D eigenvalue weighted by Gasteiger charge is 2.23. The first-order valence-electron chi connectivity index (χ1n) is 7.01. The van der Waals surface area contributed by atoms with Gasteiger partial charge in [0, 0.05) is 25.3 Å². The molecule has 2 N–H and O–H groups in total. The van der Waals surface area contributed by atoms with Gasteiger partial charge < -0.3 is 10.6 Å². The summed E-state index contributed by atoms with van der Waals surface area (Å²) in [5, 5.41) is 0. The van der Waals surface area contributed by atoms with E-state index in [4.69, 9.17) is 10.7 Å². The summed E-state index contributed by atoms with van der Waals surface area (Å²) in [5.74, 6) is 1.93. The highest BCUT2D eigenvalue weighted by Crippen LogP contribution is 2.29. The quantitative estimate of drug-likeness (QED) is 0.893. The van der Waals surface area contributed by atoms with Gasteiger partial charge in [0.15, 0.2) is 0 Å². The van der Waals surface area contributed by atoms with E-state index >= 15 is 0 Å². The van der Waals surface area contributed by atoms with Gasteiger partial charge in [0.1, 0.15) is 5.82 Å². The van der Waals surface area contributed by atoms with Gasteiger partial charge in [-0.3, -0.25) is 0 Å². The second-order valence-corrected chi connectivity index (χ2v) is 5.65. The Labute approximate surface area is 110 Å². The minimum atomic E-state index is 0.573. The summed E-state index contributed by atoms with van der Waals surface area (Å²) in [6.45, 7) is 4.97. The molecule has 1 saturated carbocycles. The minimum Gasteiger partial charge on any atom is -0.357 e. The summed E-state index contributed by atoms with van der Waals surface area (Å²) in [7, 11) is 2.17. The number of hydrogen-bond donors (Lipinski definition) is 1. The first-order valence-corrected chi connectivity index (χ1v) is 7.01. The van der Waals surface area contributed by atoms with Gasteiger partial charge in [-0.25, -0.2) is 4.98 Å². The van der Waals surface area contributed by atoms with Crippen molar-refractivity contribution >= 4 is 5.82 Å². The molecule has 2 atom stereocenters. The van der Waals surface area contributed by atoms with E-state index in [0.29, 0.717) is 12.6 Å². The van der Waals surface area contributed by atoms with Gasteiger partial charge >= 0.3 is 0 Å². The van der Waals surface area contributed by atoms with Crippen molar-refractivity contribution < 1.29 is 0 Å². The number of nitrogens with zero attached hydrogens (tertiary/aromatic N) is 2. The third-order valence-corrected chi connectivity index (χ3v) is 4.22. The Morgan fingerprint density at radius 3 is 2.78 bits per heavy atom. The van der Waals surface area contributed by atoms with Crippen LogP contribution in [0.3, 0.4) is 0 Å². The van der Waals surface area contributed by atoms with Crippen LogP contribution in [0.2, 0.25) is 0 Å². The Balaban J connectivity index is 2.12. The molecule has 0 amide bonds.